The summed E-state index contributed by atoms with van der Waals surface area (Å²) in [6.07, 6.45) is 5.30. The molecule has 1 aliphatic heterocycles. The predicted molar refractivity (Wildman–Crippen MR) is 102 cm³/mol. The van der Waals surface area contributed by atoms with E-state index in [9.17, 15) is 4.39 Å². The molecular weight excluding hydrogens is 337 g/mol. The van der Waals surface area contributed by atoms with E-state index in [4.69, 9.17) is 0 Å². The highest BCUT2D eigenvalue weighted by molar-refractivity contribution is 8.00. The molecular formula is C18H24FN5S. The second-order valence-corrected chi connectivity index (χ2v) is 7.40. The standard InChI is InChI=1S/C18H24FN5S/c1-20-18(22-13-17-3-2-12-25-17)21-10-8-15-9-11-24(23-15)16-6-4-14(19)5-7-16/h4-7,9,11,17H,2-3,8,10,12-13H2,1H3,(H2,20,21,22). The lowest BCUT2D eigenvalue weighted by atomic mass is 10.2. The third kappa shape index (κ3) is 5.22. The fourth-order valence-corrected chi connectivity index (χ4v) is 3.98. The number of hydrogen-bond acceptors (Lipinski definition) is 3. The lowest BCUT2D eigenvalue weighted by Crippen LogP contribution is -2.40. The Balaban J connectivity index is 1.44. The van der Waals surface area contributed by atoms with Crippen molar-refractivity contribution in [2.24, 2.45) is 4.99 Å². The molecule has 0 spiro atoms. The molecule has 1 aromatic carbocycles. The average Bonchev–Trinajstić information content (AvgIpc) is 3.30. The van der Waals surface area contributed by atoms with Crippen molar-refractivity contribution in [2.75, 3.05) is 25.9 Å². The normalized spacial score (nSPS) is 17.7. The highest BCUT2D eigenvalue weighted by Crippen LogP contribution is 2.25. The molecule has 1 fully saturated rings. The van der Waals surface area contributed by atoms with Crippen molar-refractivity contribution in [2.45, 2.75) is 24.5 Å². The van der Waals surface area contributed by atoms with Gasteiger partial charge < -0.3 is 10.6 Å². The van der Waals surface area contributed by atoms with Crippen molar-refractivity contribution < 1.29 is 4.39 Å². The smallest absolute Gasteiger partial charge is 0.191 e. The van der Waals surface area contributed by atoms with Crippen LogP contribution in [-0.4, -0.2) is 46.9 Å². The van der Waals surface area contributed by atoms with E-state index in [1.807, 2.05) is 24.0 Å². The van der Waals surface area contributed by atoms with E-state index >= 15 is 0 Å². The summed E-state index contributed by atoms with van der Waals surface area (Å²) in [5.74, 6) is 1.87. The van der Waals surface area contributed by atoms with Gasteiger partial charge in [0.15, 0.2) is 5.96 Å². The highest BCUT2D eigenvalue weighted by Gasteiger charge is 2.15. The van der Waals surface area contributed by atoms with Crippen molar-refractivity contribution in [3.05, 3.63) is 48.0 Å². The molecule has 2 heterocycles. The first-order valence-electron chi connectivity index (χ1n) is 8.61. The third-order valence-corrected chi connectivity index (χ3v) is 5.55. The van der Waals surface area contributed by atoms with Gasteiger partial charge in [0, 0.05) is 38.0 Å². The van der Waals surface area contributed by atoms with Gasteiger partial charge in [-0.15, -0.1) is 0 Å². The number of nitrogens with zero attached hydrogens (tertiary/aromatic N) is 3. The summed E-state index contributed by atoms with van der Waals surface area (Å²) < 4.78 is 14.8. The first-order chi connectivity index (χ1) is 12.2. The first kappa shape index (κ1) is 17.8. The Labute approximate surface area is 152 Å². The van der Waals surface area contributed by atoms with Crippen molar-refractivity contribution in [1.29, 1.82) is 0 Å². The molecule has 7 heteroatoms. The van der Waals surface area contributed by atoms with Gasteiger partial charge in [-0.05, 0) is 48.9 Å². The number of aliphatic imine (C=N–C) groups is 1. The SMILES string of the molecule is CN=C(NCCc1ccn(-c2ccc(F)cc2)n1)NCC1CCCS1. The zero-order valence-corrected chi connectivity index (χ0v) is 15.2. The molecule has 0 saturated carbocycles. The van der Waals surface area contributed by atoms with Crippen LogP contribution in [0.3, 0.4) is 0 Å². The van der Waals surface area contributed by atoms with E-state index in [2.05, 4.69) is 20.7 Å². The minimum Gasteiger partial charge on any atom is -0.356 e. The average molecular weight is 361 g/mol. The molecule has 134 valence electrons. The van der Waals surface area contributed by atoms with E-state index in [0.29, 0.717) is 5.25 Å². The number of hydrogen-bond donors (Lipinski definition) is 2. The zero-order chi connectivity index (χ0) is 17.5. The van der Waals surface area contributed by atoms with Gasteiger partial charge in [-0.3, -0.25) is 4.99 Å². The predicted octanol–water partition coefficient (Wildman–Crippen LogP) is 2.61. The van der Waals surface area contributed by atoms with Crippen LogP contribution in [0.4, 0.5) is 4.39 Å². The molecule has 3 rings (SSSR count). The first-order valence-corrected chi connectivity index (χ1v) is 9.66. The maximum Gasteiger partial charge on any atom is 0.191 e. The van der Waals surface area contributed by atoms with E-state index < -0.39 is 0 Å². The van der Waals surface area contributed by atoms with Crippen LogP contribution in [0, 0.1) is 5.82 Å². The van der Waals surface area contributed by atoms with Crippen LogP contribution in [0.25, 0.3) is 5.69 Å². The molecule has 2 N–H and O–H groups in total. The van der Waals surface area contributed by atoms with Crippen LogP contribution in [0.5, 0.6) is 0 Å². The van der Waals surface area contributed by atoms with Crippen molar-refractivity contribution in [3.8, 4) is 5.69 Å². The van der Waals surface area contributed by atoms with E-state index in [1.165, 1.54) is 30.7 Å². The minimum atomic E-state index is -0.241. The van der Waals surface area contributed by atoms with Crippen LogP contribution in [0.1, 0.15) is 18.5 Å². The molecule has 1 atom stereocenters. The molecule has 0 aliphatic carbocycles. The molecule has 0 radical (unpaired) electrons. The molecule has 25 heavy (non-hydrogen) atoms. The Morgan fingerprint density at radius 3 is 2.88 bits per heavy atom. The Morgan fingerprint density at radius 1 is 1.32 bits per heavy atom. The lowest BCUT2D eigenvalue weighted by molar-refractivity contribution is 0.627. The molecule has 1 aromatic heterocycles. The number of nitrogens with one attached hydrogen (secondary N) is 2. The fourth-order valence-electron chi connectivity index (χ4n) is 2.78. The van der Waals surface area contributed by atoms with Gasteiger partial charge in [0.1, 0.15) is 5.82 Å². The minimum absolute atomic E-state index is 0.241. The van der Waals surface area contributed by atoms with E-state index in [0.717, 1.165) is 36.9 Å². The largest absolute Gasteiger partial charge is 0.356 e. The number of halogens is 1. The molecule has 1 aliphatic rings. The number of rotatable bonds is 6. The summed E-state index contributed by atoms with van der Waals surface area (Å²) in [5.41, 5.74) is 1.84. The molecule has 1 saturated heterocycles. The second-order valence-electron chi connectivity index (χ2n) is 5.99. The summed E-state index contributed by atoms with van der Waals surface area (Å²) in [5, 5.41) is 12.0. The Kier molecular flexibility index (Phi) is 6.33. The fraction of sp³-hybridized carbons (Fsp3) is 0.444. The molecule has 0 bridgehead atoms. The highest BCUT2D eigenvalue weighted by atomic mass is 32.2. The summed E-state index contributed by atoms with van der Waals surface area (Å²) in [6, 6.07) is 8.30. The van der Waals surface area contributed by atoms with Crippen LogP contribution >= 0.6 is 11.8 Å². The summed E-state index contributed by atoms with van der Waals surface area (Å²) in [7, 11) is 1.79. The summed E-state index contributed by atoms with van der Waals surface area (Å²) >= 11 is 2.04. The van der Waals surface area contributed by atoms with E-state index in [-0.39, 0.29) is 5.82 Å². The van der Waals surface area contributed by atoms with Crippen LogP contribution in [0.15, 0.2) is 41.5 Å². The second kappa shape index (κ2) is 8.89. The van der Waals surface area contributed by atoms with Crippen molar-refractivity contribution >= 4 is 17.7 Å². The number of thioether (sulfide) groups is 1. The van der Waals surface area contributed by atoms with Crippen molar-refractivity contribution in [3.63, 3.8) is 0 Å². The van der Waals surface area contributed by atoms with Gasteiger partial charge in [-0.25, -0.2) is 9.07 Å². The Hall–Kier alpha value is -2.02. The van der Waals surface area contributed by atoms with Gasteiger partial charge in [0.2, 0.25) is 0 Å². The maximum absolute atomic E-state index is 13.0. The maximum atomic E-state index is 13.0. The topological polar surface area (TPSA) is 54.2 Å². The van der Waals surface area contributed by atoms with Gasteiger partial charge in [-0.2, -0.15) is 16.9 Å². The summed E-state index contributed by atoms with van der Waals surface area (Å²) in [4.78, 5) is 4.27. The van der Waals surface area contributed by atoms with Crippen LogP contribution < -0.4 is 10.6 Å². The third-order valence-electron chi connectivity index (χ3n) is 4.15. The Bertz CT molecular complexity index is 692. The summed E-state index contributed by atoms with van der Waals surface area (Å²) in [6.45, 7) is 1.72. The number of benzene rings is 1. The molecule has 1 unspecified atom stereocenters. The van der Waals surface area contributed by atoms with E-state index in [1.54, 1.807) is 23.9 Å². The van der Waals surface area contributed by atoms with Crippen LogP contribution in [-0.2, 0) is 6.42 Å². The molecule has 2 aromatic rings. The molecule has 5 nitrogen and oxygen atoms in total. The van der Waals surface area contributed by atoms with Gasteiger partial charge in [0.05, 0.1) is 11.4 Å². The van der Waals surface area contributed by atoms with Crippen LogP contribution in [0.2, 0.25) is 0 Å². The number of aromatic nitrogens is 2. The Morgan fingerprint density at radius 2 is 2.16 bits per heavy atom. The molecule has 0 amide bonds. The van der Waals surface area contributed by atoms with Gasteiger partial charge in [-0.1, -0.05) is 0 Å². The number of guanidine groups is 1. The van der Waals surface area contributed by atoms with Gasteiger partial charge >= 0.3 is 0 Å². The lowest BCUT2D eigenvalue weighted by Gasteiger charge is -2.14. The van der Waals surface area contributed by atoms with Gasteiger partial charge in [0.25, 0.3) is 0 Å². The quantitative estimate of drug-likeness (QED) is 0.613. The monoisotopic (exact) mass is 361 g/mol. The zero-order valence-electron chi connectivity index (χ0n) is 14.4. The van der Waals surface area contributed by atoms with Crippen molar-refractivity contribution in [1.82, 2.24) is 20.4 Å².